The van der Waals surface area contributed by atoms with Crippen LogP contribution in [0.4, 0.5) is 0 Å². The Bertz CT molecular complexity index is 182. The van der Waals surface area contributed by atoms with Crippen LogP contribution >= 0.6 is 12.4 Å². The average Bonchev–Trinajstić information content (AvgIpc) is 2.12. The first-order valence-electron chi connectivity index (χ1n) is 4.87. The van der Waals surface area contributed by atoms with E-state index in [4.69, 9.17) is 0 Å². The van der Waals surface area contributed by atoms with Gasteiger partial charge in [-0.05, 0) is 12.8 Å². The van der Waals surface area contributed by atoms with Crippen molar-refractivity contribution >= 4 is 18.3 Å². The number of hydrogen-bond donors (Lipinski definition) is 2. The summed E-state index contributed by atoms with van der Waals surface area (Å²) in [5.74, 6) is 0.230. The highest BCUT2D eigenvalue weighted by Crippen LogP contribution is 2.29. The van der Waals surface area contributed by atoms with E-state index in [2.05, 4.69) is 10.6 Å². The molecule has 1 aliphatic heterocycles. The predicted molar refractivity (Wildman–Crippen MR) is 54.1 cm³/mol. The van der Waals surface area contributed by atoms with E-state index in [9.17, 15) is 4.79 Å². The van der Waals surface area contributed by atoms with Gasteiger partial charge in [0.2, 0.25) is 5.91 Å². The maximum absolute atomic E-state index is 11.6. The summed E-state index contributed by atoms with van der Waals surface area (Å²) >= 11 is 0. The second kappa shape index (κ2) is 4.29. The van der Waals surface area contributed by atoms with Gasteiger partial charge >= 0.3 is 0 Å². The van der Waals surface area contributed by atoms with Gasteiger partial charge in [-0.2, -0.15) is 0 Å². The van der Waals surface area contributed by atoms with E-state index in [1.54, 1.807) is 0 Å². The van der Waals surface area contributed by atoms with Gasteiger partial charge in [-0.3, -0.25) is 4.79 Å². The highest BCUT2D eigenvalue weighted by Gasteiger charge is 2.40. The molecule has 1 saturated heterocycles. The van der Waals surface area contributed by atoms with Crippen LogP contribution in [0.1, 0.15) is 32.1 Å². The molecule has 3 nitrogen and oxygen atoms in total. The Kier molecular flexibility index (Phi) is 3.56. The Morgan fingerprint density at radius 3 is 2.38 bits per heavy atom. The number of amides is 1. The summed E-state index contributed by atoms with van der Waals surface area (Å²) in [6.07, 6.45) is 5.73. The smallest absolute Gasteiger partial charge is 0.240 e. The van der Waals surface area contributed by atoms with Crippen molar-refractivity contribution in [3.8, 4) is 0 Å². The van der Waals surface area contributed by atoms with E-state index in [0.29, 0.717) is 0 Å². The Morgan fingerprint density at radius 1 is 1.08 bits per heavy atom. The van der Waals surface area contributed by atoms with Crippen LogP contribution in [0.15, 0.2) is 0 Å². The minimum atomic E-state index is -0.184. The molecule has 2 aliphatic rings. The SMILES string of the molecule is Cl.O=C1NCCNC12CCCCC2. The first-order valence-corrected chi connectivity index (χ1v) is 4.87. The van der Waals surface area contributed by atoms with Crippen LogP contribution in [-0.2, 0) is 4.79 Å². The van der Waals surface area contributed by atoms with Crippen LogP contribution in [0, 0.1) is 0 Å². The quantitative estimate of drug-likeness (QED) is 0.614. The van der Waals surface area contributed by atoms with Gasteiger partial charge in [-0.25, -0.2) is 0 Å². The Morgan fingerprint density at radius 2 is 1.77 bits per heavy atom. The molecule has 0 radical (unpaired) electrons. The Labute approximate surface area is 85.1 Å². The summed E-state index contributed by atoms with van der Waals surface area (Å²) in [5.41, 5.74) is -0.184. The van der Waals surface area contributed by atoms with E-state index in [1.165, 1.54) is 19.3 Å². The normalized spacial score (nSPS) is 26.3. The third-order valence-electron chi connectivity index (χ3n) is 3.02. The van der Waals surface area contributed by atoms with Gasteiger partial charge in [-0.1, -0.05) is 19.3 Å². The van der Waals surface area contributed by atoms with Crippen molar-refractivity contribution in [3.63, 3.8) is 0 Å². The maximum Gasteiger partial charge on any atom is 0.240 e. The topological polar surface area (TPSA) is 41.1 Å². The molecule has 1 saturated carbocycles. The van der Waals surface area contributed by atoms with E-state index < -0.39 is 0 Å². The number of carbonyl (C=O) groups excluding carboxylic acids is 1. The molecule has 4 heteroatoms. The molecular formula is C9H17ClN2O. The van der Waals surface area contributed by atoms with E-state index in [1.807, 2.05) is 0 Å². The van der Waals surface area contributed by atoms with Gasteiger partial charge in [-0.15, -0.1) is 12.4 Å². The number of piperazine rings is 1. The summed E-state index contributed by atoms with van der Waals surface area (Å²) in [6, 6.07) is 0. The van der Waals surface area contributed by atoms with Gasteiger partial charge in [0, 0.05) is 13.1 Å². The Balaban J connectivity index is 0.000000845. The third-order valence-corrected chi connectivity index (χ3v) is 3.02. The number of carbonyl (C=O) groups is 1. The fourth-order valence-electron chi connectivity index (χ4n) is 2.29. The molecule has 1 heterocycles. The van der Waals surface area contributed by atoms with Gasteiger partial charge in [0.15, 0.2) is 0 Å². The Hall–Kier alpha value is -0.280. The fourth-order valence-corrected chi connectivity index (χ4v) is 2.29. The minimum Gasteiger partial charge on any atom is -0.353 e. The summed E-state index contributed by atoms with van der Waals surface area (Å²) in [7, 11) is 0. The van der Waals surface area contributed by atoms with Crippen molar-refractivity contribution in [1.29, 1.82) is 0 Å². The van der Waals surface area contributed by atoms with Crippen molar-refractivity contribution in [2.24, 2.45) is 0 Å². The molecule has 76 valence electrons. The van der Waals surface area contributed by atoms with Crippen molar-refractivity contribution in [1.82, 2.24) is 10.6 Å². The average molecular weight is 205 g/mol. The summed E-state index contributed by atoms with van der Waals surface area (Å²) < 4.78 is 0. The fraction of sp³-hybridized carbons (Fsp3) is 0.889. The molecular weight excluding hydrogens is 188 g/mol. The van der Waals surface area contributed by atoms with E-state index in [0.717, 1.165) is 25.9 Å². The monoisotopic (exact) mass is 204 g/mol. The van der Waals surface area contributed by atoms with E-state index >= 15 is 0 Å². The standard InChI is InChI=1S/C9H16N2O.ClH/c12-8-9(11-7-6-10-8)4-2-1-3-5-9;/h11H,1-7H2,(H,10,12);1H. The maximum atomic E-state index is 11.6. The lowest BCUT2D eigenvalue weighted by Gasteiger charge is -2.39. The van der Waals surface area contributed by atoms with Crippen LogP contribution in [-0.4, -0.2) is 24.5 Å². The van der Waals surface area contributed by atoms with Crippen LogP contribution in [0.5, 0.6) is 0 Å². The largest absolute Gasteiger partial charge is 0.353 e. The molecule has 0 aromatic rings. The zero-order valence-corrected chi connectivity index (χ0v) is 8.58. The molecule has 0 unspecified atom stereocenters. The molecule has 2 N–H and O–H groups in total. The zero-order valence-electron chi connectivity index (χ0n) is 7.77. The zero-order chi connectivity index (χ0) is 8.44. The molecule has 1 amide bonds. The van der Waals surface area contributed by atoms with E-state index in [-0.39, 0.29) is 23.9 Å². The lowest BCUT2D eigenvalue weighted by atomic mass is 9.80. The summed E-state index contributed by atoms with van der Waals surface area (Å²) in [5, 5.41) is 6.31. The van der Waals surface area contributed by atoms with Crippen LogP contribution in [0.3, 0.4) is 0 Å². The lowest BCUT2D eigenvalue weighted by Crippen LogP contribution is -2.63. The molecule has 0 aromatic heterocycles. The lowest BCUT2D eigenvalue weighted by molar-refractivity contribution is -0.130. The number of hydrogen-bond acceptors (Lipinski definition) is 2. The van der Waals surface area contributed by atoms with Crippen LogP contribution in [0.2, 0.25) is 0 Å². The summed E-state index contributed by atoms with van der Waals surface area (Å²) in [6.45, 7) is 1.73. The van der Waals surface area contributed by atoms with Gasteiger partial charge in [0.25, 0.3) is 0 Å². The van der Waals surface area contributed by atoms with Gasteiger partial charge in [0.1, 0.15) is 0 Å². The molecule has 0 bridgehead atoms. The van der Waals surface area contributed by atoms with Crippen LogP contribution < -0.4 is 10.6 Å². The van der Waals surface area contributed by atoms with Crippen molar-refractivity contribution < 1.29 is 4.79 Å². The molecule has 1 aliphatic carbocycles. The first kappa shape index (κ1) is 10.8. The second-order valence-electron chi connectivity index (χ2n) is 3.83. The highest BCUT2D eigenvalue weighted by molar-refractivity contribution is 5.87. The second-order valence-corrected chi connectivity index (χ2v) is 3.83. The first-order chi connectivity index (χ1) is 5.83. The molecule has 13 heavy (non-hydrogen) atoms. The molecule has 1 spiro atoms. The number of rotatable bonds is 0. The van der Waals surface area contributed by atoms with Gasteiger partial charge < -0.3 is 10.6 Å². The minimum absolute atomic E-state index is 0. The van der Waals surface area contributed by atoms with Crippen molar-refractivity contribution in [3.05, 3.63) is 0 Å². The van der Waals surface area contributed by atoms with Crippen molar-refractivity contribution in [2.75, 3.05) is 13.1 Å². The van der Waals surface area contributed by atoms with Crippen molar-refractivity contribution in [2.45, 2.75) is 37.6 Å². The third kappa shape index (κ3) is 1.97. The van der Waals surface area contributed by atoms with Crippen LogP contribution in [0.25, 0.3) is 0 Å². The molecule has 2 fully saturated rings. The highest BCUT2D eigenvalue weighted by atomic mass is 35.5. The molecule has 0 atom stereocenters. The predicted octanol–water partition coefficient (Wildman–Crippen LogP) is 0.830. The molecule has 0 aromatic carbocycles. The van der Waals surface area contributed by atoms with Gasteiger partial charge in [0.05, 0.1) is 5.54 Å². The number of halogens is 1. The molecule has 2 rings (SSSR count). The summed E-state index contributed by atoms with van der Waals surface area (Å²) in [4.78, 5) is 11.6. The number of nitrogens with one attached hydrogen (secondary N) is 2.